The van der Waals surface area contributed by atoms with Crippen molar-refractivity contribution in [1.29, 1.82) is 0 Å². The van der Waals surface area contributed by atoms with Crippen LogP contribution in [0.3, 0.4) is 0 Å². The SMILES string of the molecule is O=C1NCCC1CCCCNCCN1CCNC1=O. The Morgan fingerprint density at radius 1 is 1.16 bits per heavy atom. The minimum absolute atomic E-state index is 0.0500. The number of hydrogen-bond donors (Lipinski definition) is 3. The van der Waals surface area contributed by atoms with E-state index in [-0.39, 0.29) is 17.9 Å². The Kier molecular flexibility index (Phi) is 5.44. The first-order chi connectivity index (χ1) is 9.27. The minimum Gasteiger partial charge on any atom is -0.356 e. The van der Waals surface area contributed by atoms with Crippen molar-refractivity contribution in [2.45, 2.75) is 25.7 Å². The van der Waals surface area contributed by atoms with Crippen LogP contribution in [-0.2, 0) is 4.79 Å². The van der Waals surface area contributed by atoms with Gasteiger partial charge in [0.1, 0.15) is 0 Å². The molecule has 108 valence electrons. The average Bonchev–Trinajstić information content (AvgIpc) is 2.98. The fourth-order valence-electron chi connectivity index (χ4n) is 2.62. The lowest BCUT2D eigenvalue weighted by Crippen LogP contribution is -2.34. The van der Waals surface area contributed by atoms with E-state index in [2.05, 4.69) is 16.0 Å². The molecule has 1 atom stereocenters. The molecule has 1 unspecified atom stereocenters. The normalized spacial score (nSPS) is 22.7. The Labute approximate surface area is 114 Å². The average molecular weight is 268 g/mol. The maximum absolute atomic E-state index is 11.3. The molecule has 2 aliphatic heterocycles. The number of rotatable bonds is 8. The molecule has 2 rings (SSSR count). The summed E-state index contributed by atoms with van der Waals surface area (Å²) in [5.74, 6) is 0.473. The molecule has 3 amide bonds. The molecule has 0 aromatic rings. The fraction of sp³-hybridized carbons (Fsp3) is 0.846. The van der Waals surface area contributed by atoms with E-state index in [0.29, 0.717) is 0 Å². The van der Waals surface area contributed by atoms with Crippen LogP contribution in [0.1, 0.15) is 25.7 Å². The van der Waals surface area contributed by atoms with Crippen molar-refractivity contribution < 1.29 is 9.59 Å². The van der Waals surface area contributed by atoms with Crippen molar-refractivity contribution in [3.05, 3.63) is 0 Å². The lowest BCUT2D eigenvalue weighted by Gasteiger charge is -2.14. The van der Waals surface area contributed by atoms with Gasteiger partial charge < -0.3 is 20.9 Å². The number of urea groups is 1. The van der Waals surface area contributed by atoms with Gasteiger partial charge in [-0.2, -0.15) is 0 Å². The molecule has 0 bridgehead atoms. The first-order valence-electron chi connectivity index (χ1n) is 7.28. The van der Waals surface area contributed by atoms with Gasteiger partial charge in [0, 0.05) is 38.6 Å². The van der Waals surface area contributed by atoms with E-state index in [1.165, 1.54) is 0 Å². The van der Waals surface area contributed by atoms with Gasteiger partial charge in [-0.05, 0) is 25.8 Å². The van der Waals surface area contributed by atoms with Crippen LogP contribution in [0, 0.1) is 5.92 Å². The molecular formula is C13H24N4O2. The molecule has 6 nitrogen and oxygen atoms in total. The van der Waals surface area contributed by atoms with Gasteiger partial charge in [0.2, 0.25) is 5.91 Å². The summed E-state index contributed by atoms with van der Waals surface area (Å²) < 4.78 is 0. The molecule has 0 aliphatic carbocycles. The second-order valence-electron chi connectivity index (χ2n) is 5.24. The Bertz CT molecular complexity index is 292. The first-order valence-corrected chi connectivity index (χ1v) is 7.28. The molecule has 0 saturated carbocycles. The number of carbonyl (C=O) groups excluding carboxylic acids is 2. The summed E-state index contributed by atoms with van der Waals surface area (Å²) in [5, 5.41) is 9.00. The number of unbranched alkanes of at least 4 members (excludes halogenated alkanes) is 1. The molecule has 2 saturated heterocycles. The zero-order valence-electron chi connectivity index (χ0n) is 11.4. The van der Waals surface area contributed by atoms with Gasteiger partial charge in [0.05, 0.1) is 0 Å². The third kappa shape index (κ3) is 4.38. The van der Waals surface area contributed by atoms with Crippen molar-refractivity contribution in [3.63, 3.8) is 0 Å². The van der Waals surface area contributed by atoms with Gasteiger partial charge in [-0.15, -0.1) is 0 Å². The second-order valence-corrected chi connectivity index (χ2v) is 5.24. The van der Waals surface area contributed by atoms with E-state index < -0.39 is 0 Å². The number of nitrogens with one attached hydrogen (secondary N) is 3. The van der Waals surface area contributed by atoms with Crippen molar-refractivity contribution in [1.82, 2.24) is 20.9 Å². The highest BCUT2D eigenvalue weighted by Gasteiger charge is 2.22. The van der Waals surface area contributed by atoms with E-state index in [0.717, 1.165) is 65.0 Å². The topological polar surface area (TPSA) is 73.5 Å². The van der Waals surface area contributed by atoms with Crippen LogP contribution in [0.4, 0.5) is 4.79 Å². The molecule has 2 aliphatic rings. The Morgan fingerprint density at radius 3 is 2.74 bits per heavy atom. The van der Waals surface area contributed by atoms with Gasteiger partial charge in [0.25, 0.3) is 0 Å². The highest BCUT2D eigenvalue weighted by Crippen LogP contribution is 2.16. The van der Waals surface area contributed by atoms with Crippen molar-refractivity contribution >= 4 is 11.9 Å². The van der Waals surface area contributed by atoms with Crippen LogP contribution in [0.2, 0.25) is 0 Å². The number of hydrogen-bond acceptors (Lipinski definition) is 3. The molecule has 0 aromatic carbocycles. The maximum Gasteiger partial charge on any atom is 0.317 e. The van der Waals surface area contributed by atoms with Crippen LogP contribution >= 0.6 is 0 Å². The van der Waals surface area contributed by atoms with Gasteiger partial charge in [-0.25, -0.2) is 4.79 Å². The summed E-state index contributed by atoms with van der Waals surface area (Å²) >= 11 is 0. The third-order valence-electron chi connectivity index (χ3n) is 3.82. The summed E-state index contributed by atoms with van der Waals surface area (Å²) in [4.78, 5) is 24.4. The Morgan fingerprint density at radius 2 is 2.05 bits per heavy atom. The predicted molar refractivity (Wildman–Crippen MR) is 72.8 cm³/mol. The summed E-state index contributed by atoms with van der Waals surface area (Å²) in [5.41, 5.74) is 0. The summed E-state index contributed by atoms with van der Waals surface area (Å²) in [6.07, 6.45) is 4.18. The smallest absolute Gasteiger partial charge is 0.317 e. The summed E-state index contributed by atoms with van der Waals surface area (Å²) in [6, 6.07) is 0.0500. The Balaban J connectivity index is 1.42. The molecule has 0 spiro atoms. The maximum atomic E-state index is 11.3. The van der Waals surface area contributed by atoms with Crippen LogP contribution in [0.15, 0.2) is 0 Å². The highest BCUT2D eigenvalue weighted by molar-refractivity contribution is 5.80. The second kappa shape index (κ2) is 7.33. The van der Waals surface area contributed by atoms with Gasteiger partial charge >= 0.3 is 6.03 Å². The van der Waals surface area contributed by atoms with Gasteiger partial charge in [0.15, 0.2) is 0 Å². The summed E-state index contributed by atoms with van der Waals surface area (Å²) in [7, 11) is 0. The van der Waals surface area contributed by atoms with Crippen molar-refractivity contribution in [2.24, 2.45) is 5.92 Å². The van der Waals surface area contributed by atoms with Gasteiger partial charge in [-0.1, -0.05) is 6.42 Å². The highest BCUT2D eigenvalue weighted by atomic mass is 16.2. The Hall–Kier alpha value is -1.30. The van der Waals surface area contributed by atoms with Crippen molar-refractivity contribution in [3.8, 4) is 0 Å². The fourth-order valence-corrected chi connectivity index (χ4v) is 2.62. The van der Waals surface area contributed by atoms with Crippen molar-refractivity contribution in [2.75, 3.05) is 39.3 Å². The van der Waals surface area contributed by atoms with Crippen LogP contribution in [0.25, 0.3) is 0 Å². The number of amides is 3. The molecule has 19 heavy (non-hydrogen) atoms. The molecule has 2 fully saturated rings. The molecule has 6 heteroatoms. The number of carbonyl (C=O) groups is 2. The monoisotopic (exact) mass is 268 g/mol. The molecule has 2 heterocycles. The lowest BCUT2D eigenvalue weighted by atomic mass is 10.0. The molecular weight excluding hydrogens is 244 g/mol. The third-order valence-corrected chi connectivity index (χ3v) is 3.82. The van der Waals surface area contributed by atoms with Crippen LogP contribution < -0.4 is 16.0 Å². The van der Waals surface area contributed by atoms with Crippen LogP contribution in [-0.4, -0.2) is 56.1 Å². The molecule has 0 radical (unpaired) electrons. The number of nitrogens with zero attached hydrogens (tertiary/aromatic N) is 1. The minimum atomic E-state index is 0.0500. The van der Waals surface area contributed by atoms with Crippen LogP contribution in [0.5, 0.6) is 0 Å². The predicted octanol–water partition coefficient (Wildman–Crippen LogP) is -0.0924. The summed E-state index contributed by atoms with van der Waals surface area (Å²) in [6.45, 7) is 5.01. The molecule has 3 N–H and O–H groups in total. The van der Waals surface area contributed by atoms with Gasteiger partial charge in [-0.3, -0.25) is 4.79 Å². The zero-order chi connectivity index (χ0) is 13.5. The standard InChI is InChI=1S/C13H24N4O2/c18-12-11(4-6-15-12)3-1-2-5-14-7-9-17-10-8-16-13(17)19/h11,14H,1-10H2,(H,15,18)(H,16,19). The lowest BCUT2D eigenvalue weighted by molar-refractivity contribution is -0.122. The van der Waals surface area contributed by atoms with E-state index in [1.54, 1.807) is 0 Å². The van der Waals surface area contributed by atoms with E-state index in [4.69, 9.17) is 0 Å². The molecule has 0 aromatic heterocycles. The van der Waals surface area contributed by atoms with E-state index in [9.17, 15) is 9.59 Å². The zero-order valence-corrected chi connectivity index (χ0v) is 11.4. The first kappa shape index (κ1) is 14.1. The van der Waals surface area contributed by atoms with E-state index >= 15 is 0 Å². The quantitative estimate of drug-likeness (QED) is 0.539. The van der Waals surface area contributed by atoms with E-state index in [1.807, 2.05) is 4.90 Å². The largest absolute Gasteiger partial charge is 0.356 e.